The third-order valence-electron chi connectivity index (χ3n) is 3.18. The lowest BCUT2D eigenvalue weighted by Crippen LogP contribution is -2.37. The van der Waals surface area contributed by atoms with Gasteiger partial charge in [0.15, 0.2) is 5.11 Å². The highest BCUT2D eigenvalue weighted by atomic mass is 32.1. The average Bonchev–Trinajstić information content (AvgIpc) is 3.18. The molecule has 2 heterocycles. The molecule has 3 aromatic rings. The molecule has 0 aliphatic rings. The van der Waals surface area contributed by atoms with E-state index in [1.807, 2.05) is 30.5 Å². The van der Waals surface area contributed by atoms with E-state index in [0.717, 1.165) is 16.5 Å². The van der Waals surface area contributed by atoms with Crippen LogP contribution in [0.5, 0.6) is 0 Å². The molecule has 0 aliphatic heterocycles. The fourth-order valence-electron chi connectivity index (χ4n) is 2.17. The van der Waals surface area contributed by atoms with Crippen molar-refractivity contribution in [1.29, 1.82) is 0 Å². The third-order valence-corrected chi connectivity index (χ3v) is 3.37. The smallest absolute Gasteiger partial charge is 0.230 e. The van der Waals surface area contributed by atoms with Crippen molar-refractivity contribution in [3.63, 3.8) is 0 Å². The number of amides is 1. The number of para-hydroxylation sites is 1. The third kappa shape index (κ3) is 3.83. The molecule has 0 saturated heterocycles. The largest absolute Gasteiger partial charge is 0.463 e. The Morgan fingerprint density at radius 3 is 3.00 bits per heavy atom. The van der Waals surface area contributed by atoms with Crippen LogP contribution < -0.4 is 10.7 Å². The number of hydrogen-bond acceptors (Lipinski definition) is 4. The van der Waals surface area contributed by atoms with Crippen molar-refractivity contribution in [1.82, 2.24) is 15.7 Å². The fraction of sp³-hybridized carbons (Fsp3) is 0.0625. The van der Waals surface area contributed by atoms with E-state index in [2.05, 4.69) is 20.8 Å². The number of furan rings is 1. The Morgan fingerprint density at radius 2 is 2.17 bits per heavy atom. The molecular weight excluding hydrogens is 312 g/mol. The predicted octanol–water partition coefficient (Wildman–Crippen LogP) is 2.33. The van der Waals surface area contributed by atoms with Crippen LogP contribution in [0.2, 0.25) is 0 Å². The maximum Gasteiger partial charge on any atom is 0.230 e. The zero-order valence-corrected chi connectivity index (χ0v) is 12.9. The summed E-state index contributed by atoms with van der Waals surface area (Å²) in [5.74, 6) is 0.380. The minimum absolute atomic E-state index is 0.137. The minimum Gasteiger partial charge on any atom is -0.463 e. The first-order valence-electron chi connectivity index (χ1n) is 6.94. The van der Waals surface area contributed by atoms with Crippen LogP contribution >= 0.6 is 12.2 Å². The summed E-state index contributed by atoms with van der Waals surface area (Å²) < 4.78 is 5.08. The number of nitrogens with one attached hydrogen (secondary N) is 3. The van der Waals surface area contributed by atoms with E-state index in [1.54, 1.807) is 18.4 Å². The van der Waals surface area contributed by atoms with Crippen molar-refractivity contribution in [3.05, 3.63) is 60.2 Å². The Hall–Kier alpha value is -2.93. The van der Waals surface area contributed by atoms with Crippen LogP contribution in [0.3, 0.4) is 0 Å². The van der Waals surface area contributed by atoms with Crippen LogP contribution in [0, 0.1) is 0 Å². The van der Waals surface area contributed by atoms with Crippen LogP contribution in [0.4, 0.5) is 0 Å². The fourth-order valence-corrected chi connectivity index (χ4v) is 2.34. The topological polar surface area (TPSA) is 82.4 Å². The summed E-state index contributed by atoms with van der Waals surface area (Å²) in [5, 5.41) is 7.63. The van der Waals surface area contributed by atoms with Gasteiger partial charge in [-0.3, -0.25) is 10.2 Å². The van der Waals surface area contributed by atoms with Gasteiger partial charge in [-0.15, -0.1) is 0 Å². The van der Waals surface area contributed by atoms with Crippen molar-refractivity contribution in [2.24, 2.45) is 5.10 Å². The molecular formula is C16H14N4O2S. The molecule has 0 radical (unpaired) electrons. The summed E-state index contributed by atoms with van der Waals surface area (Å²) in [5.41, 5.74) is 4.49. The van der Waals surface area contributed by atoms with Crippen LogP contribution in [-0.4, -0.2) is 22.2 Å². The number of carbonyl (C=O) groups excluding carboxylic acids is 1. The maximum atomic E-state index is 12.0. The number of thiocarbonyl (C=S) groups is 1. The molecule has 0 unspecified atom stereocenters. The molecule has 2 aromatic heterocycles. The van der Waals surface area contributed by atoms with Gasteiger partial charge < -0.3 is 14.7 Å². The van der Waals surface area contributed by atoms with Gasteiger partial charge in [0.05, 0.1) is 18.9 Å². The number of aromatic amines is 1. The van der Waals surface area contributed by atoms with Crippen LogP contribution in [-0.2, 0) is 11.2 Å². The molecule has 3 rings (SSSR count). The Kier molecular flexibility index (Phi) is 4.49. The lowest BCUT2D eigenvalue weighted by molar-refractivity contribution is -0.119. The number of hydrazone groups is 1. The first-order valence-corrected chi connectivity index (χ1v) is 7.34. The van der Waals surface area contributed by atoms with E-state index in [9.17, 15) is 4.79 Å². The van der Waals surface area contributed by atoms with E-state index < -0.39 is 0 Å². The second-order valence-electron chi connectivity index (χ2n) is 4.80. The van der Waals surface area contributed by atoms with Gasteiger partial charge in [-0.1, -0.05) is 18.2 Å². The van der Waals surface area contributed by atoms with Gasteiger partial charge in [-0.25, -0.2) is 0 Å². The SMILES string of the molecule is O=C(Cc1c[nH]c2ccccc12)NC(=S)N/N=C/c1ccco1. The number of carbonyl (C=O) groups is 1. The molecule has 1 aromatic carbocycles. The predicted molar refractivity (Wildman–Crippen MR) is 92.2 cm³/mol. The Morgan fingerprint density at radius 1 is 1.30 bits per heavy atom. The molecule has 116 valence electrons. The first-order chi connectivity index (χ1) is 11.2. The number of H-pyrrole nitrogens is 1. The monoisotopic (exact) mass is 326 g/mol. The highest BCUT2D eigenvalue weighted by Gasteiger charge is 2.09. The maximum absolute atomic E-state index is 12.0. The first kappa shape index (κ1) is 15.0. The standard InChI is InChI=1S/C16H14N4O2S/c21-15(8-11-9-17-14-6-2-1-5-13(11)14)19-16(23)20-18-10-12-4-3-7-22-12/h1-7,9-10,17H,8H2,(H2,19,20,21,23)/b18-10+. The molecule has 0 saturated carbocycles. The number of hydrogen-bond donors (Lipinski definition) is 3. The van der Waals surface area contributed by atoms with Gasteiger partial charge in [0.2, 0.25) is 5.91 Å². The zero-order chi connectivity index (χ0) is 16.1. The number of nitrogens with zero attached hydrogens (tertiary/aromatic N) is 1. The number of aromatic nitrogens is 1. The zero-order valence-electron chi connectivity index (χ0n) is 12.1. The van der Waals surface area contributed by atoms with Crippen molar-refractivity contribution >= 4 is 40.4 Å². The molecule has 0 fully saturated rings. The number of benzene rings is 1. The second-order valence-corrected chi connectivity index (χ2v) is 5.21. The summed E-state index contributed by atoms with van der Waals surface area (Å²) in [6, 6.07) is 11.3. The lowest BCUT2D eigenvalue weighted by atomic mass is 10.1. The minimum atomic E-state index is -0.208. The molecule has 23 heavy (non-hydrogen) atoms. The van der Waals surface area contributed by atoms with E-state index in [1.165, 1.54) is 6.21 Å². The van der Waals surface area contributed by atoms with E-state index in [0.29, 0.717) is 5.76 Å². The van der Waals surface area contributed by atoms with Crippen molar-refractivity contribution in [2.45, 2.75) is 6.42 Å². The normalized spacial score (nSPS) is 11.0. The average molecular weight is 326 g/mol. The molecule has 0 spiro atoms. The summed E-state index contributed by atoms with van der Waals surface area (Å²) in [7, 11) is 0. The van der Waals surface area contributed by atoms with Crippen molar-refractivity contribution in [3.8, 4) is 0 Å². The van der Waals surface area contributed by atoms with E-state index in [4.69, 9.17) is 16.6 Å². The van der Waals surface area contributed by atoms with Gasteiger partial charge >= 0.3 is 0 Å². The summed E-state index contributed by atoms with van der Waals surface area (Å²) in [6.45, 7) is 0. The molecule has 0 atom stereocenters. The van der Waals surface area contributed by atoms with Gasteiger partial charge in [0, 0.05) is 17.1 Å². The Balaban J connectivity index is 1.53. The Labute approximate surface area is 137 Å². The Bertz CT molecular complexity index is 852. The molecule has 3 N–H and O–H groups in total. The molecule has 0 aliphatic carbocycles. The van der Waals surface area contributed by atoms with Crippen molar-refractivity contribution in [2.75, 3.05) is 0 Å². The summed E-state index contributed by atoms with van der Waals surface area (Å²) in [6.07, 6.45) is 5.07. The van der Waals surface area contributed by atoms with Gasteiger partial charge in [-0.2, -0.15) is 5.10 Å². The second kappa shape index (κ2) is 6.89. The number of rotatable bonds is 4. The molecule has 6 nitrogen and oxygen atoms in total. The lowest BCUT2D eigenvalue weighted by Gasteiger charge is -2.05. The van der Waals surface area contributed by atoms with E-state index in [-0.39, 0.29) is 17.4 Å². The number of fused-ring (bicyclic) bond motifs is 1. The van der Waals surface area contributed by atoms with Gasteiger partial charge in [-0.05, 0) is 36.0 Å². The highest BCUT2D eigenvalue weighted by Crippen LogP contribution is 2.17. The molecule has 0 bridgehead atoms. The van der Waals surface area contributed by atoms with Crippen LogP contribution in [0.1, 0.15) is 11.3 Å². The quantitative estimate of drug-likeness (QED) is 0.390. The molecule has 1 amide bonds. The summed E-state index contributed by atoms with van der Waals surface area (Å²) in [4.78, 5) is 15.2. The van der Waals surface area contributed by atoms with Gasteiger partial charge in [0.1, 0.15) is 5.76 Å². The van der Waals surface area contributed by atoms with Crippen LogP contribution in [0.25, 0.3) is 10.9 Å². The highest BCUT2D eigenvalue weighted by molar-refractivity contribution is 7.80. The molecule has 7 heteroatoms. The summed E-state index contributed by atoms with van der Waals surface area (Å²) >= 11 is 5.02. The van der Waals surface area contributed by atoms with E-state index >= 15 is 0 Å². The van der Waals surface area contributed by atoms with Gasteiger partial charge in [0.25, 0.3) is 0 Å². The van der Waals surface area contributed by atoms with Crippen molar-refractivity contribution < 1.29 is 9.21 Å². The van der Waals surface area contributed by atoms with Crippen LogP contribution in [0.15, 0.2) is 58.4 Å².